The molecule has 1 fully saturated rings. The van der Waals surface area contributed by atoms with Crippen molar-refractivity contribution in [2.24, 2.45) is 0 Å². The van der Waals surface area contributed by atoms with Gasteiger partial charge >= 0.3 is 0 Å². The van der Waals surface area contributed by atoms with Crippen molar-refractivity contribution in [1.29, 1.82) is 0 Å². The van der Waals surface area contributed by atoms with Crippen molar-refractivity contribution >= 4 is 28.5 Å². The molecular weight excluding hydrogens is 424 g/mol. The maximum absolute atomic E-state index is 13.7. The third-order valence-corrected chi connectivity index (χ3v) is 7.04. The molecule has 6 rings (SSSR count). The first-order chi connectivity index (χ1) is 16.6. The largest absolute Gasteiger partial charge is 0.324 e. The molecule has 0 saturated carbocycles. The van der Waals surface area contributed by atoms with Gasteiger partial charge in [0, 0.05) is 0 Å². The van der Waals surface area contributed by atoms with Gasteiger partial charge in [-0.15, -0.1) is 0 Å². The number of β-lactam (4-membered cyclic amide) rings is 1. The molecule has 0 aliphatic carbocycles. The minimum absolute atomic E-state index is 0.219. The van der Waals surface area contributed by atoms with Crippen molar-refractivity contribution in [3.63, 3.8) is 0 Å². The highest BCUT2D eigenvalue weighted by atomic mass is 16.2. The third kappa shape index (κ3) is 2.83. The van der Waals surface area contributed by atoms with Gasteiger partial charge in [-0.3, -0.25) is 19.3 Å². The number of rotatable bonds is 4. The lowest BCUT2D eigenvalue weighted by atomic mass is 9.83. The molecule has 2 aliphatic heterocycles. The number of amides is 3. The van der Waals surface area contributed by atoms with E-state index in [0.717, 1.165) is 26.8 Å². The molecule has 1 saturated heterocycles. The number of carbonyl (C=O) groups is 3. The summed E-state index contributed by atoms with van der Waals surface area (Å²) in [4.78, 5) is 43.1. The molecule has 4 aromatic carbocycles. The number of nitrogens with zero attached hydrogens (tertiary/aromatic N) is 2. The number of fused-ring (bicyclic) bond motifs is 2. The van der Waals surface area contributed by atoms with Crippen LogP contribution in [0, 0.1) is 0 Å². The summed E-state index contributed by atoms with van der Waals surface area (Å²) in [5.41, 5.74) is 2.64. The Kier molecular flexibility index (Phi) is 4.59. The van der Waals surface area contributed by atoms with Gasteiger partial charge in [0.05, 0.1) is 23.2 Å². The molecule has 0 N–H and O–H groups in total. The maximum atomic E-state index is 13.7. The van der Waals surface area contributed by atoms with Crippen LogP contribution in [0.25, 0.3) is 10.8 Å². The molecule has 2 heterocycles. The second-order valence-corrected chi connectivity index (χ2v) is 8.82. The van der Waals surface area contributed by atoms with E-state index in [1.807, 2.05) is 66.4 Å². The molecule has 0 radical (unpaired) electrons. The van der Waals surface area contributed by atoms with Gasteiger partial charge < -0.3 is 4.90 Å². The van der Waals surface area contributed by atoms with Crippen LogP contribution in [-0.4, -0.2) is 33.6 Å². The molecule has 0 bridgehead atoms. The molecule has 5 heteroatoms. The van der Waals surface area contributed by atoms with Crippen LogP contribution < -0.4 is 0 Å². The van der Waals surface area contributed by atoms with Crippen molar-refractivity contribution in [2.75, 3.05) is 0 Å². The predicted molar refractivity (Wildman–Crippen MR) is 129 cm³/mol. The Balaban J connectivity index is 1.43. The molecule has 5 nitrogen and oxygen atoms in total. The summed E-state index contributed by atoms with van der Waals surface area (Å²) in [7, 11) is 0. The van der Waals surface area contributed by atoms with E-state index in [9.17, 15) is 14.4 Å². The standard InChI is InChI=1S/C29H22N2O3/c1-18(21-17-9-13-19-10-5-6-14-22(19)21)30-25(20-11-3-2-4-12-20)26(29(30)34)31-27(32)23-15-7-8-16-24(23)28(31)33/h2-18,25-26H,1H3/t18-,25-,26+/m0/s1. The van der Waals surface area contributed by atoms with Gasteiger partial charge in [0.1, 0.15) is 6.04 Å². The fourth-order valence-electron chi connectivity index (χ4n) is 5.40. The summed E-state index contributed by atoms with van der Waals surface area (Å²) < 4.78 is 0. The predicted octanol–water partition coefficient (Wildman–Crippen LogP) is 5.15. The fourth-order valence-corrected chi connectivity index (χ4v) is 5.40. The highest BCUT2D eigenvalue weighted by Gasteiger charge is 2.58. The van der Waals surface area contributed by atoms with E-state index >= 15 is 0 Å². The Bertz CT molecular complexity index is 1420. The zero-order valence-electron chi connectivity index (χ0n) is 18.6. The highest BCUT2D eigenvalue weighted by Crippen LogP contribution is 2.46. The van der Waals surface area contributed by atoms with Gasteiger partial charge in [-0.1, -0.05) is 84.9 Å². The first-order valence-corrected chi connectivity index (χ1v) is 11.4. The van der Waals surface area contributed by atoms with Gasteiger partial charge in [-0.25, -0.2) is 0 Å². The summed E-state index contributed by atoms with van der Waals surface area (Å²) in [6, 6.07) is 29.1. The van der Waals surface area contributed by atoms with Crippen LogP contribution in [0.2, 0.25) is 0 Å². The van der Waals surface area contributed by atoms with Crippen LogP contribution in [0.3, 0.4) is 0 Å². The summed E-state index contributed by atoms with van der Waals surface area (Å²) in [5, 5.41) is 2.19. The second kappa shape index (κ2) is 7.66. The van der Waals surface area contributed by atoms with Crippen LogP contribution in [0.4, 0.5) is 0 Å². The van der Waals surface area contributed by atoms with Crippen LogP contribution in [0.1, 0.15) is 50.9 Å². The average molecular weight is 447 g/mol. The van der Waals surface area contributed by atoms with Crippen molar-refractivity contribution in [2.45, 2.75) is 25.0 Å². The molecule has 166 valence electrons. The second-order valence-electron chi connectivity index (χ2n) is 8.82. The molecule has 4 aromatic rings. The SMILES string of the molecule is C[C@@H](c1cccc2ccccc12)N1C(=O)[C@H](N2C(=O)c3ccccc3C2=O)[C@@H]1c1ccccc1. The minimum Gasteiger partial charge on any atom is -0.324 e. The van der Waals surface area contributed by atoms with E-state index in [2.05, 4.69) is 18.2 Å². The lowest BCUT2D eigenvalue weighted by Crippen LogP contribution is -2.67. The van der Waals surface area contributed by atoms with Crippen molar-refractivity contribution in [1.82, 2.24) is 9.80 Å². The van der Waals surface area contributed by atoms with Gasteiger partial charge in [0.25, 0.3) is 11.8 Å². The van der Waals surface area contributed by atoms with Crippen molar-refractivity contribution in [3.05, 3.63) is 119 Å². The van der Waals surface area contributed by atoms with E-state index in [0.29, 0.717) is 11.1 Å². The smallest absolute Gasteiger partial charge is 0.262 e. The fraction of sp³-hybridized carbons (Fsp3) is 0.138. The van der Waals surface area contributed by atoms with E-state index in [1.54, 1.807) is 24.3 Å². The maximum Gasteiger partial charge on any atom is 0.262 e. The quantitative estimate of drug-likeness (QED) is 0.322. The number of imide groups is 1. The lowest BCUT2D eigenvalue weighted by molar-refractivity contribution is -0.160. The molecule has 2 aliphatic rings. The Morgan fingerprint density at radius 2 is 1.24 bits per heavy atom. The van der Waals surface area contributed by atoms with Crippen LogP contribution in [0.5, 0.6) is 0 Å². The Morgan fingerprint density at radius 1 is 0.647 bits per heavy atom. The van der Waals surface area contributed by atoms with Crippen LogP contribution in [0.15, 0.2) is 97.1 Å². The zero-order valence-corrected chi connectivity index (χ0v) is 18.6. The number of hydrogen-bond donors (Lipinski definition) is 0. The summed E-state index contributed by atoms with van der Waals surface area (Å²) in [5.74, 6) is -1.03. The molecule has 3 amide bonds. The van der Waals surface area contributed by atoms with E-state index in [4.69, 9.17) is 0 Å². The van der Waals surface area contributed by atoms with Crippen molar-refractivity contribution in [3.8, 4) is 0 Å². The lowest BCUT2D eigenvalue weighted by Gasteiger charge is -2.52. The normalized spacial score (nSPS) is 20.4. The van der Waals surface area contributed by atoms with Crippen molar-refractivity contribution < 1.29 is 14.4 Å². The van der Waals surface area contributed by atoms with Gasteiger partial charge in [0.2, 0.25) is 5.91 Å². The summed E-state index contributed by atoms with van der Waals surface area (Å²) >= 11 is 0. The highest BCUT2D eigenvalue weighted by molar-refractivity contribution is 6.23. The summed E-state index contributed by atoms with van der Waals surface area (Å²) in [6.07, 6.45) is 0. The van der Waals surface area contributed by atoms with Gasteiger partial charge in [-0.2, -0.15) is 0 Å². The molecule has 34 heavy (non-hydrogen) atoms. The van der Waals surface area contributed by atoms with Crippen LogP contribution in [-0.2, 0) is 4.79 Å². The number of carbonyl (C=O) groups excluding carboxylic acids is 3. The molecule has 0 aromatic heterocycles. The first-order valence-electron chi connectivity index (χ1n) is 11.4. The zero-order chi connectivity index (χ0) is 23.4. The van der Waals surface area contributed by atoms with E-state index in [1.165, 1.54) is 0 Å². The van der Waals surface area contributed by atoms with E-state index in [-0.39, 0.29) is 11.9 Å². The number of likely N-dealkylation sites (tertiary alicyclic amines) is 1. The van der Waals surface area contributed by atoms with Crippen LogP contribution >= 0.6 is 0 Å². The van der Waals surface area contributed by atoms with E-state index < -0.39 is 23.9 Å². The first kappa shape index (κ1) is 20.4. The molecule has 3 atom stereocenters. The Morgan fingerprint density at radius 3 is 1.94 bits per heavy atom. The van der Waals surface area contributed by atoms with Gasteiger partial charge in [-0.05, 0) is 41.0 Å². The molecule has 0 unspecified atom stereocenters. The third-order valence-electron chi connectivity index (χ3n) is 7.04. The minimum atomic E-state index is -0.868. The topological polar surface area (TPSA) is 57.7 Å². The molecule has 0 spiro atoms. The Labute approximate surface area is 197 Å². The average Bonchev–Trinajstić information content (AvgIpc) is 3.12. The summed E-state index contributed by atoms with van der Waals surface area (Å²) in [6.45, 7) is 2.01. The molecular formula is C29H22N2O3. The Hall–Kier alpha value is -4.25. The monoisotopic (exact) mass is 446 g/mol. The number of hydrogen-bond acceptors (Lipinski definition) is 3. The number of benzene rings is 4. The van der Waals surface area contributed by atoms with Gasteiger partial charge in [0.15, 0.2) is 0 Å².